The predicted molar refractivity (Wildman–Crippen MR) is 81.4 cm³/mol. The highest BCUT2D eigenvalue weighted by Gasteiger charge is 2.40. The lowest BCUT2D eigenvalue weighted by atomic mass is 10.00. The molecular formula is C15H23N3O2S. The number of rotatable bonds is 5. The number of hydrogen-bond donors (Lipinski definition) is 1. The van der Waals surface area contributed by atoms with Crippen LogP contribution in [-0.2, 0) is 10.0 Å². The molecule has 1 aromatic heterocycles. The van der Waals surface area contributed by atoms with E-state index in [1.165, 1.54) is 19.0 Å². The molecule has 116 valence electrons. The molecule has 0 spiro atoms. The minimum Gasteiger partial charge on any atom is -0.311 e. The molecule has 21 heavy (non-hydrogen) atoms. The zero-order chi connectivity index (χ0) is 14.9. The topological polar surface area (TPSA) is 62.3 Å². The second-order valence-corrected chi connectivity index (χ2v) is 7.96. The molecule has 0 radical (unpaired) electrons. The summed E-state index contributed by atoms with van der Waals surface area (Å²) in [7, 11) is -3.44. The van der Waals surface area contributed by atoms with Crippen molar-refractivity contribution in [2.75, 3.05) is 6.54 Å². The van der Waals surface area contributed by atoms with Crippen LogP contribution < -0.4 is 5.32 Å². The van der Waals surface area contributed by atoms with Crippen LogP contribution >= 0.6 is 0 Å². The van der Waals surface area contributed by atoms with Crippen LogP contribution in [0.25, 0.3) is 0 Å². The molecule has 6 heteroatoms. The molecule has 2 unspecified atom stereocenters. The van der Waals surface area contributed by atoms with Gasteiger partial charge in [0.2, 0.25) is 10.0 Å². The Morgan fingerprint density at radius 3 is 2.62 bits per heavy atom. The smallest absolute Gasteiger partial charge is 0.244 e. The molecule has 3 rings (SSSR count). The van der Waals surface area contributed by atoms with Gasteiger partial charge in [-0.3, -0.25) is 4.98 Å². The number of fused-ring (bicyclic) bond motifs is 2. The van der Waals surface area contributed by atoms with Crippen molar-refractivity contribution in [3.63, 3.8) is 0 Å². The van der Waals surface area contributed by atoms with E-state index in [0.717, 1.165) is 19.3 Å². The minimum atomic E-state index is -3.44. The summed E-state index contributed by atoms with van der Waals surface area (Å²) in [6, 6.07) is 4.41. The fourth-order valence-corrected chi connectivity index (χ4v) is 5.32. The van der Waals surface area contributed by atoms with E-state index in [2.05, 4.69) is 10.3 Å². The van der Waals surface area contributed by atoms with Gasteiger partial charge >= 0.3 is 0 Å². The van der Waals surface area contributed by atoms with E-state index in [1.807, 2.05) is 6.92 Å². The lowest BCUT2D eigenvalue weighted by Gasteiger charge is -2.36. The van der Waals surface area contributed by atoms with E-state index >= 15 is 0 Å². The van der Waals surface area contributed by atoms with Gasteiger partial charge in [0.15, 0.2) is 0 Å². The Morgan fingerprint density at radius 1 is 1.33 bits per heavy atom. The number of piperidine rings is 1. The largest absolute Gasteiger partial charge is 0.311 e. The van der Waals surface area contributed by atoms with E-state index in [9.17, 15) is 8.42 Å². The zero-order valence-electron chi connectivity index (χ0n) is 12.4. The van der Waals surface area contributed by atoms with Crippen molar-refractivity contribution >= 4 is 10.0 Å². The molecule has 0 aliphatic carbocycles. The van der Waals surface area contributed by atoms with E-state index in [0.29, 0.717) is 23.5 Å². The Kier molecular flexibility index (Phi) is 4.28. The van der Waals surface area contributed by atoms with Gasteiger partial charge in [0.25, 0.3) is 0 Å². The van der Waals surface area contributed by atoms with Crippen molar-refractivity contribution < 1.29 is 8.42 Å². The van der Waals surface area contributed by atoms with Gasteiger partial charge in [0.05, 0.1) is 0 Å². The number of aromatic nitrogens is 1. The van der Waals surface area contributed by atoms with Crippen LogP contribution in [0.4, 0.5) is 0 Å². The van der Waals surface area contributed by atoms with Crippen LogP contribution in [0.15, 0.2) is 29.4 Å². The van der Waals surface area contributed by atoms with Crippen LogP contribution in [0.1, 0.15) is 39.0 Å². The lowest BCUT2D eigenvalue weighted by Crippen LogP contribution is -2.50. The average molecular weight is 309 g/mol. The molecule has 2 saturated heterocycles. The Labute approximate surface area is 126 Å². The summed E-state index contributed by atoms with van der Waals surface area (Å²) in [6.45, 7) is 2.61. The average Bonchev–Trinajstić information content (AvgIpc) is 2.84. The first kappa shape index (κ1) is 14.9. The molecule has 2 atom stereocenters. The first-order valence-corrected chi connectivity index (χ1v) is 9.23. The first-order chi connectivity index (χ1) is 10.1. The molecule has 2 bridgehead atoms. The Balaban J connectivity index is 1.87. The number of nitrogens with zero attached hydrogens (tertiary/aromatic N) is 2. The number of hydrogen-bond acceptors (Lipinski definition) is 4. The first-order valence-electron chi connectivity index (χ1n) is 7.79. The maximum Gasteiger partial charge on any atom is 0.244 e. The third kappa shape index (κ3) is 2.98. The Bertz CT molecular complexity index is 564. The SMILES string of the molecule is CCCN(C1CC2CCC(C1)N2)S(=O)(=O)c1cccnc1. The summed E-state index contributed by atoms with van der Waals surface area (Å²) in [4.78, 5) is 4.27. The summed E-state index contributed by atoms with van der Waals surface area (Å²) in [6.07, 6.45) is 8.09. The summed E-state index contributed by atoms with van der Waals surface area (Å²) in [5.41, 5.74) is 0. The lowest BCUT2D eigenvalue weighted by molar-refractivity contribution is 0.226. The van der Waals surface area contributed by atoms with Gasteiger partial charge in [-0.15, -0.1) is 0 Å². The number of pyridine rings is 1. The molecule has 5 nitrogen and oxygen atoms in total. The predicted octanol–water partition coefficient (Wildman–Crippen LogP) is 1.77. The monoisotopic (exact) mass is 309 g/mol. The molecule has 3 heterocycles. The molecule has 0 amide bonds. The summed E-state index contributed by atoms with van der Waals surface area (Å²) < 4.78 is 27.6. The summed E-state index contributed by atoms with van der Waals surface area (Å²) in [5.74, 6) is 0. The van der Waals surface area contributed by atoms with Crippen molar-refractivity contribution in [1.29, 1.82) is 0 Å². The molecule has 0 saturated carbocycles. The van der Waals surface area contributed by atoms with Crippen LogP contribution in [0, 0.1) is 0 Å². The second kappa shape index (κ2) is 6.02. The molecular weight excluding hydrogens is 286 g/mol. The fourth-order valence-electron chi connectivity index (χ4n) is 3.62. The summed E-state index contributed by atoms with van der Waals surface area (Å²) >= 11 is 0. The standard InChI is InChI=1S/C15H23N3O2S/c1-2-8-18(14-9-12-5-6-13(10-14)17-12)21(19,20)15-4-3-7-16-11-15/h3-4,7,11-14,17H,2,5-6,8-10H2,1H3. The molecule has 1 N–H and O–H groups in total. The number of nitrogens with one attached hydrogen (secondary N) is 1. The maximum absolute atomic E-state index is 12.9. The van der Waals surface area contributed by atoms with E-state index in [4.69, 9.17) is 0 Å². The highest BCUT2D eigenvalue weighted by Crippen LogP contribution is 2.32. The third-order valence-electron chi connectivity index (χ3n) is 4.54. The van der Waals surface area contributed by atoms with Crippen LogP contribution in [0.2, 0.25) is 0 Å². The van der Waals surface area contributed by atoms with Crippen LogP contribution in [0.3, 0.4) is 0 Å². The van der Waals surface area contributed by atoms with E-state index in [-0.39, 0.29) is 6.04 Å². The van der Waals surface area contributed by atoms with Gasteiger partial charge in [-0.25, -0.2) is 8.42 Å². The Morgan fingerprint density at radius 2 is 2.05 bits per heavy atom. The van der Waals surface area contributed by atoms with Gasteiger partial charge in [-0.05, 0) is 44.2 Å². The van der Waals surface area contributed by atoms with Crippen LogP contribution in [0.5, 0.6) is 0 Å². The molecule has 1 aromatic rings. The Hall–Kier alpha value is -0.980. The molecule has 2 fully saturated rings. The van der Waals surface area contributed by atoms with Gasteiger partial charge in [0, 0.05) is 37.1 Å². The van der Waals surface area contributed by atoms with Crippen molar-refractivity contribution in [1.82, 2.24) is 14.6 Å². The third-order valence-corrected chi connectivity index (χ3v) is 6.48. The minimum absolute atomic E-state index is 0.119. The highest BCUT2D eigenvalue weighted by atomic mass is 32.2. The quantitative estimate of drug-likeness (QED) is 0.900. The second-order valence-electron chi connectivity index (χ2n) is 6.07. The van der Waals surface area contributed by atoms with Gasteiger partial charge in [-0.1, -0.05) is 6.92 Å². The van der Waals surface area contributed by atoms with Crippen LogP contribution in [-0.4, -0.2) is 42.4 Å². The summed E-state index contributed by atoms with van der Waals surface area (Å²) in [5, 5.41) is 3.57. The van der Waals surface area contributed by atoms with E-state index < -0.39 is 10.0 Å². The van der Waals surface area contributed by atoms with Crippen molar-refractivity contribution in [3.05, 3.63) is 24.5 Å². The zero-order valence-corrected chi connectivity index (χ0v) is 13.2. The molecule has 2 aliphatic heterocycles. The van der Waals surface area contributed by atoms with E-state index in [1.54, 1.807) is 22.6 Å². The molecule has 2 aliphatic rings. The van der Waals surface area contributed by atoms with Crippen molar-refractivity contribution in [3.8, 4) is 0 Å². The highest BCUT2D eigenvalue weighted by molar-refractivity contribution is 7.89. The normalized spacial score (nSPS) is 29.0. The number of sulfonamides is 1. The maximum atomic E-state index is 12.9. The van der Waals surface area contributed by atoms with Gasteiger partial charge in [0.1, 0.15) is 4.90 Å². The molecule has 0 aromatic carbocycles. The van der Waals surface area contributed by atoms with Gasteiger partial charge in [-0.2, -0.15) is 4.31 Å². The van der Waals surface area contributed by atoms with Crippen molar-refractivity contribution in [2.45, 2.75) is 62.0 Å². The fraction of sp³-hybridized carbons (Fsp3) is 0.667. The van der Waals surface area contributed by atoms with Gasteiger partial charge < -0.3 is 5.32 Å². The van der Waals surface area contributed by atoms with Crippen molar-refractivity contribution in [2.24, 2.45) is 0 Å².